The predicted molar refractivity (Wildman–Crippen MR) is 69.2 cm³/mol. The van der Waals surface area contributed by atoms with Crippen molar-refractivity contribution >= 4 is 0 Å². The number of hydrogen-bond donors (Lipinski definition) is 2. The lowest BCUT2D eigenvalue weighted by molar-refractivity contribution is 0.168. The maximum absolute atomic E-state index is 5.67. The van der Waals surface area contributed by atoms with E-state index in [0.29, 0.717) is 0 Å². The Morgan fingerprint density at radius 1 is 1.29 bits per heavy atom. The van der Waals surface area contributed by atoms with E-state index in [4.69, 9.17) is 10.6 Å². The highest BCUT2D eigenvalue weighted by atomic mass is 16.5. The van der Waals surface area contributed by atoms with Gasteiger partial charge in [0.1, 0.15) is 11.8 Å². The van der Waals surface area contributed by atoms with Gasteiger partial charge in [0.05, 0.1) is 6.61 Å². The van der Waals surface area contributed by atoms with Gasteiger partial charge in [0.25, 0.3) is 0 Å². The van der Waals surface area contributed by atoms with Crippen molar-refractivity contribution in [2.45, 2.75) is 32.7 Å². The molecule has 0 aliphatic carbocycles. The van der Waals surface area contributed by atoms with Gasteiger partial charge in [-0.05, 0) is 49.5 Å². The van der Waals surface area contributed by atoms with Crippen LogP contribution in [0.15, 0.2) is 30.0 Å². The van der Waals surface area contributed by atoms with Crippen molar-refractivity contribution in [1.82, 2.24) is 5.43 Å². The molecule has 92 valence electrons. The van der Waals surface area contributed by atoms with Crippen LogP contribution in [0.25, 0.3) is 0 Å². The van der Waals surface area contributed by atoms with Crippen molar-refractivity contribution in [1.29, 1.82) is 0 Å². The van der Waals surface area contributed by atoms with Gasteiger partial charge in [-0.2, -0.15) is 0 Å². The number of benzene rings is 1. The van der Waals surface area contributed by atoms with E-state index in [-0.39, 0.29) is 6.04 Å². The average molecular weight is 232 g/mol. The highest BCUT2D eigenvalue weighted by Crippen LogP contribution is 2.26. The fourth-order valence-electron chi connectivity index (χ4n) is 2.06. The number of ether oxygens (including phenoxy) is 1. The molecule has 17 heavy (non-hydrogen) atoms. The minimum absolute atomic E-state index is 0.0328. The summed E-state index contributed by atoms with van der Waals surface area (Å²) in [6.45, 7) is 5.01. The molecule has 1 heterocycles. The van der Waals surface area contributed by atoms with Crippen molar-refractivity contribution in [3.05, 3.63) is 46.7 Å². The average Bonchev–Trinajstić information content (AvgIpc) is 2.36. The number of aryl methyl sites for hydroxylation is 2. The molecule has 1 unspecified atom stereocenters. The first-order valence-corrected chi connectivity index (χ1v) is 6.08. The predicted octanol–water partition coefficient (Wildman–Crippen LogP) is 2.50. The first-order valence-electron chi connectivity index (χ1n) is 6.08. The molecule has 0 saturated carbocycles. The van der Waals surface area contributed by atoms with E-state index in [1.165, 1.54) is 11.1 Å². The molecule has 0 radical (unpaired) electrons. The van der Waals surface area contributed by atoms with Crippen LogP contribution in [-0.2, 0) is 4.74 Å². The number of rotatable bonds is 3. The Balaban J connectivity index is 2.28. The molecule has 0 saturated heterocycles. The molecule has 1 atom stereocenters. The molecule has 3 heteroatoms. The second-order valence-corrected chi connectivity index (χ2v) is 4.54. The molecule has 1 aliphatic heterocycles. The van der Waals surface area contributed by atoms with Crippen molar-refractivity contribution in [2.24, 2.45) is 5.84 Å². The van der Waals surface area contributed by atoms with Crippen LogP contribution in [0, 0.1) is 13.8 Å². The summed E-state index contributed by atoms with van der Waals surface area (Å²) in [6, 6.07) is 6.36. The van der Waals surface area contributed by atoms with Crippen LogP contribution in [0.5, 0.6) is 0 Å². The fraction of sp³-hybridized carbons (Fsp3) is 0.429. The zero-order valence-corrected chi connectivity index (χ0v) is 10.5. The second-order valence-electron chi connectivity index (χ2n) is 4.54. The van der Waals surface area contributed by atoms with E-state index in [1.54, 1.807) is 0 Å². The number of nitrogens with one attached hydrogen (secondary N) is 1. The van der Waals surface area contributed by atoms with E-state index in [0.717, 1.165) is 30.8 Å². The van der Waals surface area contributed by atoms with E-state index < -0.39 is 0 Å². The third-order valence-electron chi connectivity index (χ3n) is 3.28. The number of hydrogen-bond acceptors (Lipinski definition) is 3. The quantitative estimate of drug-likeness (QED) is 0.622. The van der Waals surface area contributed by atoms with Crippen LogP contribution in [0.1, 0.15) is 35.6 Å². The van der Waals surface area contributed by atoms with Gasteiger partial charge in [-0.1, -0.05) is 18.2 Å². The molecule has 3 N–H and O–H groups in total. The summed E-state index contributed by atoms with van der Waals surface area (Å²) in [5, 5.41) is 0. The van der Waals surface area contributed by atoms with Gasteiger partial charge in [0.15, 0.2) is 0 Å². The highest BCUT2D eigenvalue weighted by molar-refractivity contribution is 5.34. The highest BCUT2D eigenvalue weighted by Gasteiger charge is 2.18. The Kier molecular flexibility index (Phi) is 3.82. The first-order chi connectivity index (χ1) is 8.22. The molecule has 0 aromatic heterocycles. The van der Waals surface area contributed by atoms with Crippen molar-refractivity contribution in [3.8, 4) is 0 Å². The van der Waals surface area contributed by atoms with E-state index >= 15 is 0 Å². The lowest BCUT2D eigenvalue weighted by Gasteiger charge is -2.24. The Morgan fingerprint density at radius 3 is 2.71 bits per heavy atom. The Morgan fingerprint density at radius 2 is 2.12 bits per heavy atom. The van der Waals surface area contributed by atoms with E-state index in [1.807, 2.05) is 0 Å². The van der Waals surface area contributed by atoms with Gasteiger partial charge < -0.3 is 4.74 Å². The Bertz CT molecular complexity index is 426. The van der Waals surface area contributed by atoms with Gasteiger partial charge in [-0.25, -0.2) is 5.43 Å². The first kappa shape index (κ1) is 12.1. The van der Waals surface area contributed by atoms with Crippen LogP contribution in [0.2, 0.25) is 0 Å². The van der Waals surface area contributed by atoms with E-state index in [2.05, 4.69) is 43.5 Å². The van der Waals surface area contributed by atoms with Crippen molar-refractivity contribution < 1.29 is 4.74 Å². The standard InChI is InChI=1S/C14H20N2O/c1-10-6-7-12(9-11(10)2)14(16-15)13-5-3-4-8-17-13/h5-7,9,14,16H,3-4,8,15H2,1-2H3. The molecular weight excluding hydrogens is 212 g/mol. The summed E-state index contributed by atoms with van der Waals surface area (Å²) in [5.74, 6) is 6.60. The fourth-order valence-corrected chi connectivity index (χ4v) is 2.06. The van der Waals surface area contributed by atoms with E-state index in [9.17, 15) is 0 Å². The van der Waals surface area contributed by atoms with Crippen LogP contribution >= 0.6 is 0 Å². The molecule has 0 bridgehead atoms. The van der Waals surface area contributed by atoms with Crippen LogP contribution < -0.4 is 11.3 Å². The maximum atomic E-state index is 5.67. The molecule has 2 rings (SSSR count). The summed E-state index contributed by atoms with van der Waals surface area (Å²) in [5.41, 5.74) is 6.57. The number of nitrogens with two attached hydrogens (primary N) is 1. The van der Waals surface area contributed by atoms with Crippen LogP contribution in [0.4, 0.5) is 0 Å². The number of allylic oxidation sites excluding steroid dienone is 1. The summed E-state index contributed by atoms with van der Waals surface area (Å²) < 4.78 is 5.67. The summed E-state index contributed by atoms with van der Waals surface area (Å²) in [4.78, 5) is 0. The maximum Gasteiger partial charge on any atom is 0.115 e. The summed E-state index contributed by atoms with van der Waals surface area (Å²) >= 11 is 0. The van der Waals surface area contributed by atoms with Gasteiger partial charge in [0, 0.05) is 0 Å². The minimum Gasteiger partial charge on any atom is -0.496 e. The third kappa shape index (κ3) is 2.68. The molecule has 1 aromatic carbocycles. The molecule has 0 amide bonds. The van der Waals surface area contributed by atoms with Crippen molar-refractivity contribution in [3.63, 3.8) is 0 Å². The van der Waals surface area contributed by atoms with Crippen molar-refractivity contribution in [2.75, 3.05) is 6.61 Å². The smallest absolute Gasteiger partial charge is 0.115 e. The zero-order chi connectivity index (χ0) is 12.3. The molecule has 1 aromatic rings. The molecule has 3 nitrogen and oxygen atoms in total. The Labute approximate surface area is 103 Å². The SMILES string of the molecule is Cc1ccc(C(NN)C2=CCCCO2)cc1C. The number of hydrazine groups is 1. The zero-order valence-electron chi connectivity index (χ0n) is 10.5. The van der Waals surface area contributed by atoms with Gasteiger partial charge in [0.2, 0.25) is 0 Å². The monoisotopic (exact) mass is 232 g/mol. The normalized spacial score (nSPS) is 17.2. The largest absolute Gasteiger partial charge is 0.496 e. The second kappa shape index (κ2) is 5.34. The summed E-state index contributed by atoms with van der Waals surface area (Å²) in [6.07, 6.45) is 4.29. The molecular formula is C14H20N2O. The van der Waals surface area contributed by atoms with Crippen LogP contribution in [-0.4, -0.2) is 6.61 Å². The van der Waals surface area contributed by atoms with Gasteiger partial charge in [-0.3, -0.25) is 5.84 Å². The molecule has 0 spiro atoms. The van der Waals surface area contributed by atoms with Gasteiger partial charge in [-0.15, -0.1) is 0 Å². The molecule has 0 fully saturated rings. The lowest BCUT2D eigenvalue weighted by atomic mass is 9.99. The Hall–Kier alpha value is -1.32. The lowest BCUT2D eigenvalue weighted by Crippen LogP contribution is -2.31. The van der Waals surface area contributed by atoms with Gasteiger partial charge >= 0.3 is 0 Å². The third-order valence-corrected chi connectivity index (χ3v) is 3.28. The topological polar surface area (TPSA) is 47.3 Å². The molecule has 1 aliphatic rings. The minimum atomic E-state index is -0.0328. The summed E-state index contributed by atoms with van der Waals surface area (Å²) in [7, 11) is 0. The van der Waals surface area contributed by atoms with Crippen LogP contribution in [0.3, 0.4) is 0 Å².